The Labute approximate surface area is 192 Å². The van der Waals surface area contributed by atoms with Crippen molar-refractivity contribution in [2.24, 2.45) is 5.41 Å². The summed E-state index contributed by atoms with van der Waals surface area (Å²) in [5, 5.41) is 10.6. The van der Waals surface area contributed by atoms with Crippen LogP contribution in [0.3, 0.4) is 0 Å². The van der Waals surface area contributed by atoms with Crippen LogP contribution in [0.1, 0.15) is 29.9 Å². The van der Waals surface area contributed by atoms with E-state index in [1.54, 1.807) is 12.1 Å². The Hall–Kier alpha value is -3.30. The van der Waals surface area contributed by atoms with Crippen LogP contribution in [0.15, 0.2) is 78.9 Å². The van der Waals surface area contributed by atoms with E-state index in [1.807, 2.05) is 42.5 Å². The van der Waals surface area contributed by atoms with E-state index in [-0.39, 0.29) is 5.41 Å². The highest BCUT2D eigenvalue weighted by Crippen LogP contribution is 2.50. The maximum Gasteiger partial charge on any atom is 0.336 e. The van der Waals surface area contributed by atoms with Gasteiger partial charge in [0, 0.05) is 34.0 Å². The van der Waals surface area contributed by atoms with Crippen LogP contribution in [0.4, 0.5) is 0 Å². The second-order valence-electron chi connectivity index (χ2n) is 9.20. The summed E-state index contributed by atoms with van der Waals surface area (Å²) in [6, 6.07) is 25.5. The van der Waals surface area contributed by atoms with E-state index in [1.165, 1.54) is 11.3 Å². The summed E-state index contributed by atoms with van der Waals surface area (Å²) in [5.41, 5.74) is 7.76. The second-order valence-corrected chi connectivity index (χ2v) is 9.63. The normalized spacial score (nSPS) is 14.3. The molecular formula is C28H24ClNO2. The Kier molecular flexibility index (Phi) is 4.94. The molecule has 1 aliphatic heterocycles. The fourth-order valence-corrected chi connectivity index (χ4v) is 5.06. The fraction of sp³-hybridized carbons (Fsp3) is 0.179. The molecule has 0 spiro atoms. The summed E-state index contributed by atoms with van der Waals surface area (Å²) < 4.78 is 2.34. The molecule has 0 aliphatic carbocycles. The summed E-state index contributed by atoms with van der Waals surface area (Å²) in [7, 11) is 0. The summed E-state index contributed by atoms with van der Waals surface area (Å²) in [4.78, 5) is 12.2. The number of aromatic carboxylic acids is 1. The molecule has 0 fully saturated rings. The highest BCUT2D eigenvalue weighted by molar-refractivity contribution is 6.30. The number of hydrogen-bond acceptors (Lipinski definition) is 1. The first-order valence-electron chi connectivity index (χ1n) is 10.8. The van der Waals surface area contributed by atoms with E-state index in [0.29, 0.717) is 10.6 Å². The van der Waals surface area contributed by atoms with E-state index in [4.69, 9.17) is 11.6 Å². The number of carboxylic acids is 1. The molecule has 1 aliphatic rings. The number of fused-ring (bicyclic) bond motifs is 1. The first kappa shape index (κ1) is 20.6. The zero-order chi connectivity index (χ0) is 22.5. The molecule has 2 heterocycles. The molecular weight excluding hydrogens is 418 g/mol. The van der Waals surface area contributed by atoms with Gasteiger partial charge >= 0.3 is 5.97 Å². The van der Waals surface area contributed by atoms with Gasteiger partial charge < -0.3 is 9.67 Å². The molecule has 4 aromatic rings. The molecule has 5 rings (SSSR count). The molecule has 0 radical (unpaired) electrons. The summed E-state index contributed by atoms with van der Waals surface area (Å²) in [5.74, 6) is -0.920. The van der Waals surface area contributed by atoms with Crippen LogP contribution in [0.25, 0.3) is 33.5 Å². The molecule has 160 valence electrons. The molecule has 1 aromatic heterocycles. The molecule has 1 N–H and O–H groups in total. The van der Waals surface area contributed by atoms with Crippen LogP contribution in [0.2, 0.25) is 5.02 Å². The SMILES string of the molecule is CC1(C)Cc2c(-c3ccccc3)c(-c3ccc(Cl)cc3)c(-c3ccccc3C(=O)O)n2C1. The minimum atomic E-state index is -0.920. The zero-order valence-electron chi connectivity index (χ0n) is 18.1. The molecule has 32 heavy (non-hydrogen) atoms. The summed E-state index contributed by atoms with van der Waals surface area (Å²) in [6.45, 7) is 5.37. The average Bonchev–Trinajstić information content (AvgIpc) is 3.24. The third-order valence-electron chi connectivity index (χ3n) is 6.21. The van der Waals surface area contributed by atoms with Gasteiger partial charge in [0.05, 0.1) is 11.3 Å². The molecule has 3 nitrogen and oxygen atoms in total. The predicted molar refractivity (Wildman–Crippen MR) is 130 cm³/mol. The standard InChI is InChI=1S/C28H24ClNO2/c1-28(2)16-23-24(18-8-4-3-5-9-18)25(19-12-14-20(29)15-13-19)26(30(23)17-28)21-10-6-7-11-22(21)27(31)32/h3-15H,16-17H2,1-2H3,(H,31,32). The molecule has 3 aromatic carbocycles. The minimum Gasteiger partial charge on any atom is -0.478 e. The van der Waals surface area contributed by atoms with Crippen LogP contribution in [-0.2, 0) is 13.0 Å². The van der Waals surface area contributed by atoms with Crippen molar-refractivity contribution in [3.8, 4) is 33.5 Å². The van der Waals surface area contributed by atoms with Crippen LogP contribution >= 0.6 is 11.6 Å². The van der Waals surface area contributed by atoms with Crippen molar-refractivity contribution in [2.45, 2.75) is 26.8 Å². The number of carbonyl (C=O) groups is 1. The lowest BCUT2D eigenvalue weighted by Crippen LogP contribution is -2.13. The number of rotatable bonds is 4. The number of halogens is 1. The van der Waals surface area contributed by atoms with E-state index in [9.17, 15) is 9.90 Å². The first-order valence-corrected chi connectivity index (χ1v) is 11.1. The van der Waals surface area contributed by atoms with Crippen LogP contribution < -0.4 is 0 Å². The van der Waals surface area contributed by atoms with Gasteiger partial charge in [-0.2, -0.15) is 0 Å². The first-order chi connectivity index (χ1) is 15.4. The third kappa shape index (κ3) is 3.43. The maximum absolute atomic E-state index is 12.2. The average molecular weight is 442 g/mol. The summed E-state index contributed by atoms with van der Waals surface area (Å²) in [6.07, 6.45) is 0.924. The van der Waals surface area contributed by atoms with Gasteiger partial charge in [-0.15, -0.1) is 0 Å². The second kappa shape index (κ2) is 7.68. The Morgan fingerprint density at radius 2 is 1.50 bits per heavy atom. The maximum atomic E-state index is 12.2. The topological polar surface area (TPSA) is 42.2 Å². The zero-order valence-corrected chi connectivity index (χ0v) is 18.9. The van der Waals surface area contributed by atoms with Crippen LogP contribution in [0.5, 0.6) is 0 Å². The smallest absolute Gasteiger partial charge is 0.336 e. The Bertz CT molecular complexity index is 1320. The quantitative estimate of drug-likeness (QED) is 0.358. The van der Waals surface area contributed by atoms with Gasteiger partial charge in [0.1, 0.15) is 0 Å². The Morgan fingerprint density at radius 1 is 0.875 bits per heavy atom. The lowest BCUT2D eigenvalue weighted by Gasteiger charge is -2.20. The number of nitrogens with zero attached hydrogens (tertiary/aromatic N) is 1. The highest BCUT2D eigenvalue weighted by atomic mass is 35.5. The monoisotopic (exact) mass is 441 g/mol. The lowest BCUT2D eigenvalue weighted by atomic mass is 9.85. The van der Waals surface area contributed by atoms with E-state index in [0.717, 1.165) is 40.9 Å². The van der Waals surface area contributed by atoms with Crippen LogP contribution in [0, 0.1) is 5.41 Å². The van der Waals surface area contributed by atoms with E-state index in [2.05, 4.69) is 42.7 Å². The lowest BCUT2D eigenvalue weighted by molar-refractivity contribution is 0.0697. The summed E-state index contributed by atoms with van der Waals surface area (Å²) >= 11 is 6.21. The van der Waals surface area contributed by atoms with Gasteiger partial charge in [0.2, 0.25) is 0 Å². The van der Waals surface area contributed by atoms with Crippen molar-refractivity contribution >= 4 is 17.6 Å². The number of aromatic nitrogens is 1. The van der Waals surface area contributed by atoms with Gasteiger partial charge in [0.25, 0.3) is 0 Å². The molecule has 0 unspecified atom stereocenters. The highest BCUT2D eigenvalue weighted by Gasteiger charge is 2.37. The number of hydrogen-bond donors (Lipinski definition) is 1. The van der Waals surface area contributed by atoms with Crippen molar-refractivity contribution in [2.75, 3.05) is 0 Å². The largest absolute Gasteiger partial charge is 0.478 e. The Balaban J connectivity index is 1.92. The van der Waals surface area contributed by atoms with Crippen molar-refractivity contribution in [3.63, 3.8) is 0 Å². The van der Waals surface area contributed by atoms with E-state index >= 15 is 0 Å². The molecule has 0 amide bonds. The van der Waals surface area contributed by atoms with Crippen molar-refractivity contribution in [1.29, 1.82) is 0 Å². The van der Waals surface area contributed by atoms with Gasteiger partial charge in [-0.05, 0) is 41.2 Å². The molecule has 0 saturated heterocycles. The fourth-order valence-electron chi connectivity index (χ4n) is 4.93. The molecule has 0 atom stereocenters. The number of benzene rings is 3. The van der Waals surface area contributed by atoms with E-state index < -0.39 is 5.97 Å². The predicted octanol–water partition coefficient (Wildman–Crippen LogP) is 7.42. The van der Waals surface area contributed by atoms with Crippen molar-refractivity contribution < 1.29 is 9.90 Å². The third-order valence-corrected chi connectivity index (χ3v) is 6.46. The van der Waals surface area contributed by atoms with Crippen LogP contribution in [-0.4, -0.2) is 15.6 Å². The molecule has 4 heteroatoms. The van der Waals surface area contributed by atoms with Gasteiger partial charge in [-0.1, -0.05) is 86.1 Å². The van der Waals surface area contributed by atoms with Gasteiger partial charge in [-0.3, -0.25) is 0 Å². The number of carboxylic acid groups (broad SMARTS) is 1. The molecule has 0 saturated carbocycles. The van der Waals surface area contributed by atoms with Gasteiger partial charge in [0.15, 0.2) is 0 Å². The van der Waals surface area contributed by atoms with Gasteiger partial charge in [-0.25, -0.2) is 4.79 Å². The Morgan fingerprint density at radius 3 is 2.19 bits per heavy atom. The van der Waals surface area contributed by atoms with Crippen molar-refractivity contribution in [1.82, 2.24) is 4.57 Å². The molecule has 0 bridgehead atoms. The van der Waals surface area contributed by atoms with Crippen molar-refractivity contribution in [3.05, 3.63) is 95.1 Å². The minimum absolute atomic E-state index is 0.0876.